The van der Waals surface area contributed by atoms with Gasteiger partial charge >= 0.3 is 41.5 Å². The van der Waals surface area contributed by atoms with Crippen LogP contribution in [0.25, 0.3) is 20.9 Å². The summed E-state index contributed by atoms with van der Waals surface area (Å²) in [5.74, 6) is -9.55. The Hall–Kier alpha value is -5.88. The normalized spacial score (nSPS) is 22.3. The molecule has 93 heavy (non-hydrogen) atoms. The van der Waals surface area contributed by atoms with Gasteiger partial charge < -0.3 is 91.7 Å². The number of nitrogens with one attached hydrogen (secondary N) is 6. The molecule has 2 aliphatic rings. The average molecular weight is 1380 g/mol. The quantitative estimate of drug-likeness (QED) is 0.0175. The van der Waals surface area contributed by atoms with E-state index in [-0.39, 0.29) is 55.9 Å². The Bertz CT molecular complexity index is 3070. The number of thiophene rings is 2. The van der Waals surface area contributed by atoms with Crippen LogP contribution in [0.3, 0.4) is 0 Å². The van der Waals surface area contributed by atoms with Crippen LogP contribution in [0.15, 0.2) is 109 Å². The summed E-state index contributed by atoms with van der Waals surface area (Å²) in [6, 6.07) is 28.8. The van der Waals surface area contributed by atoms with Crippen molar-refractivity contribution in [2.45, 2.75) is 112 Å². The summed E-state index contributed by atoms with van der Waals surface area (Å²) in [6.07, 6.45) is -14.6. The summed E-state index contributed by atoms with van der Waals surface area (Å²) in [4.78, 5) is 104. The summed E-state index contributed by atoms with van der Waals surface area (Å²) < 4.78 is 23.2. The first-order valence-corrected chi connectivity index (χ1v) is 33.4. The van der Waals surface area contributed by atoms with Crippen LogP contribution in [0.1, 0.15) is 79.6 Å². The van der Waals surface area contributed by atoms with Crippen molar-refractivity contribution in [1.29, 1.82) is 0 Å². The monoisotopic (exact) mass is 1380 g/mol. The molecule has 2 aliphatic heterocycles. The maximum absolute atomic E-state index is 13.0. The molecule has 2 aromatic heterocycles. The zero-order valence-corrected chi connectivity index (χ0v) is 56.4. The third-order valence-electron chi connectivity index (χ3n) is 14.7. The first kappa shape index (κ1) is 76.1. The Balaban J connectivity index is 0.0000137. The molecule has 0 bridgehead atoms. The molecule has 6 amide bonds. The van der Waals surface area contributed by atoms with Gasteiger partial charge in [0, 0.05) is 85.3 Å². The van der Waals surface area contributed by atoms with Gasteiger partial charge in [0.15, 0.2) is 0 Å². The number of carboxylic acids is 2. The van der Waals surface area contributed by atoms with E-state index in [0.717, 1.165) is 34.7 Å². The van der Waals surface area contributed by atoms with Gasteiger partial charge in [-0.05, 0) is 84.0 Å². The van der Waals surface area contributed by atoms with Crippen molar-refractivity contribution in [2.75, 3.05) is 62.4 Å². The van der Waals surface area contributed by atoms with Gasteiger partial charge in [-0.25, -0.2) is 9.59 Å². The molecule has 2 fully saturated rings. The first-order valence-electron chi connectivity index (χ1n) is 29.4. The minimum atomic E-state index is -2.49. The van der Waals surface area contributed by atoms with E-state index in [1.807, 2.05) is 60.7 Å². The van der Waals surface area contributed by atoms with E-state index in [0.29, 0.717) is 56.7 Å². The number of ether oxygens (including phenoxy) is 4. The zero-order chi connectivity index (χ0) is 66.5. The number of hydrogen-bond acceptors (Lipinski definition) is 22. The number of carboxylic acid groups (broad SMARTS) is 2. The van der Waals surface area contributed by atoms with Crippen LogP contribution in [-0.4, -0.2) is 223 Å². The molecule has 0 spiro atoms. The first-order chi connectivity index (χ1) is 44.0. The number of aliphatic carboxylic acids is 2. The molecule has 0 aliphatic carbocycles. The van der Waals surface area contributed by atoms with E-state index >= 15 is 0 Å². The van der Waals surface area contributed by atoms with Crippen LogP contribution in [0.2, 0.25) is 0 Å². The molecule has 2 saturated heterocycles. The average Bonchev–Trinajstić information content (AvgIpc) is 1.18. The predicted molar refractivity (Wildman–Crippen MR) is 342 cm³/mol. The molecule has 498 valence electrons. The number of rotatable bonds is 34. The van der Waals surface area contributed by atoms with Crippen LogP contribution in [-0.2, 0) is 38.1 Å². The van der Waals surface area contributed by atoms with E-state index in [1.165, 1.54) is 70.5 Å². The number of amides is 6. The fraction of sp³-hybridized carbons (Fsp3) is 0.452. The van der Waals surface area contributed by atoms with Crippen LogP contribution >= 0.6 is 46.2 Å². The second kappa shape index (κ2) is 36.9. The van der Waals surface area contributed by atoms with Crippen molar-refractivity contribution in [2.24, 2.45) is 0 Å². The topological polar surface area (TPSA) is 408 Å². The molecule has 14 N–H and O–H groups in total. The van der Waals surface area contributed by atoms with Crippen LogP contribution < -0.4 is 61.5 Å². The maximum Gasteiger partial charge on any atom is 1.00 e. The SMILES string of the molecule is CC(=O)N[C@@H]1[C@@H](O)C[C@](OCCCSCCNC(=O)c2ccc(C(=O)NCCSCCCO[C@]3(C(=O)O)C[C@H](O)[C@@H](NC(C)=O)[C@H](C(O)[C@H](O)CNC(=O)c4ccc(-c5ccccc5)s4)O3)cc2)(C(=O)O)O[C@H]1C(O)[C@H](O)CNC(=O)c1ccc(-c2ccccc2)s1.[Na+]. The Morgan fingerprint density at radius 3 is 1.24 bits per heavy atom. The summed E-state index contributed by atoms with van der Waals surface area (Å²) in [7, 11) is 0. The minimum Gasteiger partial charge on any atom is -0.477 e. The molecule has 26 nitrogen and oxygen atoms in total. The third kappa shape index (κ3) is 21.6. The van der Waals surface area contributed by atoms with Crippen molar-refractivity contribution in [3.63, 3.8) is 0 Å². The molecule has 0 saturated carbocycles. The van der Waals surface area contributed by atoms with Gasteiger partial charge in [0.25, 0.3) is 35.2 Å². The fourth-order valence-corrected chi connectivity index (χ4v) is 13.4. The third-order valence-corrected chi connectivity index (χ3v) is 19.1. The molecule has 0 radical (unpaired) electrons. The van der Waals surface area contributed by atoms with E-state index in [2.05, 4.69) is 31.9 Å². The van der Waals surface area contributed by atoms with Gasteiger partial charge in [-0.3, -0.25) is 28.8 Å². The van der Waals surface area contributed by atoms with Gasteiger partial charge in [0.1, 0.15) is 24.4 Å². The smallest absolute Gasteiger partial charge is 0.477 e. The van der Waals surface area contributed by atoms with Gasteiger partial charge in [-0.2, -0.15) is 23.5 Å². The number of aliphatic hydroxyl groups is 6. The Labute approximate surface area is 574 Å². The standard InChI is InChI=1S/C62H76N6O20S4.Na/c1-35(69)67-49-41(71)31-61(59(81)82,87-53(49)51(75)43(73)33-65-57(79)47-21-19-45(91-47)37-11-5-3-6-12-37)85-25-9-27-89-29-23-63-55(77)39-15-17-40(18-16-39)56(78)64-24-30-90-28-10-26-86-62(60(83)84)32-42(72)50(68-36(2)70)54(88-62)52(76)44(74)34-66-58(80)48-22-20-46(92-48)38-13-7-4-8-14-38;/h3-8,11-22,41-44,49-54,71-76H,9-10,23-34H2,1-2H3,(H,63,77)(H,64,78)(H,65,79)(H,66,80)(H,67,69)(H,68,70)(H,81,82)(H,83,84);/q;+1/t41-,42-,43+,44+,49+,50+,51?,52?,53+,54+,61+,62+;/m0./s1. The van der Waals surface area contributed by atoms with Crippen LogP contribution in [0.5, 0.6) is 0 Å². The molecule has 4 heterocycles. The largest absolute Gasteiger partial charge is 1.00 e. The second-order valence-electron chi connectivity index (χ2n) is 21.6. The number of benzene rings is 3. The predicted octanol–water partition coefficient (Wildman–Crippen LogP) is -0.939. The number of thioether (sulfide) groups is 2. The summed E-state index contributed by atoms with van der Waals surface area (Å²) >= 11 is 5.28. The van der Waals surface area contributed by atoms with E-state index in [4.69, 9.17) is 18.9 Å². The Morgan fingerprint density at radius 2 is 0.892 bits per heavy atom. The van der Waals surface area contributed by atoms with E-state index in [1.54, 1.807) is 24.3 Å². The summed E-state index contributed by atoms with van der Waals surface area (Å²) in [5.41, 5.74) is 2.40. The van der Waals surface area contributed by atoms with Crippen molar-refractivity contribution >= 4 is 93.6 Å². The molecule has 2 unspecified atom stereocenters. The van der Waals surface area contributed by atoms with Crippen molar-refractivity contribution in [3.05, 3.63) is 130 Å². The minimum absolute atomic E-state index is 0. The molecular weight excluding hydrogens is 1300 g/mol. The van der Waals surface area contributed by atoms with Gasteiger partial charge in [0.05, 0.1) is 59.5 Å². The van der Waals surface area contributed by atoms with E-state index in [9.17, 15) is 79.2 Å². The fourth-order valence-electron chi connectivity index (χ4n) is 10.0. The molecule has 12 atom stereocenters. The molecule has 5 aromatic rings. The van der Waals surface area contributed by atoms with Crippen molar-refractivity contribution < 1.29 is 128 Å². The maximum atomic E-state index is 13.0. The van der Waals surface area contributed by atoms with E-state index < -0.39 is 146 Å². The van der Waals surface area contributed by atoms with Crippen molar-refractivity contribution in [1.82, 2.24) is 31.9 Å². The van der Waals surface area contributed by atoms with Crippen molar-refractivity contribution in [3.8, 4) is 20.9 Å². The van der Waals surface area contributed by atoms with Crippen LogP contribution in [0.4, 0.5) is 0 Å². The second-order valence-corrected chi connectivity index (χ2v) is 26.2. The summed E-state index contributed by atoms with van der Waals surface area (Å²) in [5, 5.41) is 103. The van der Waals surface area contributed by atoms with Crippen LogP contribution in [0, 0.1) is 0 Å². The van der Waals surface area contributed by atoms with Gasteiger partial charge in [-0.1, -0.05) is 60.7 Å². The zero-order valence-electron chi connectivity index (χ0n) is 51.2. The Kier molecular flexibility index (Phi) is 30.2. The number of hydrogen-bond donors (Lipinski definition) is 14. The molecular formula is C62H76N6NaO20S4+. The molecule has 31 heteroatoms. The molecule has 7 rings (SSSR count). The van der Waals surface area contributed by atoms with Gasteiger partial charge in [-0.15, -0.1) is 22.7 Å². The number of aliphatic hydroxyl groups excluding tert-OH is 6. The summed E-state index contributed by atoms with van der Waals surface area (Å²) in [6.45, 7) is 1.46. The Morgan fingerprint density at radius 1 is 0.527 bits per heavy atom. The van der Waals surface area contributed by atoms with Gasteiger partial charge in [0.2, 0.25) is 11.8 Å². The number of carbonyl (C=O) groups excluding carboxylic acids is 6. The number of carbonyl (C=O) groups is 8. The molecule has 3 aromatic carbocycles.